The second-order valence-electron chi connectivity index (χ2n) is 5.99. The number of piperidine rings is 1. The number of hydrogen-bond donors (Lipinski definition) is 0. The lowest BCUT2D eigenvalue weighted by atomic mass is 9.94. The quantitative estimate of drug-likeness (QED) is 0.766. The van der Waals surface area contributed by atoms with Gasteiger partial charge >= 0.3 is 0 Å². The molecule has 110 valence electrons. The van der Waals surface area contributed by atoms with Gasteiger partial charge in [-0.25, -0.2) is 0 Å². The summed E-state index contributed by atoms with van der Waals surface area (Å²) in [4.78, 5) is 14.9. The van der Waals surface area contributed by atoms with Crippen molar-refractivity contribution in [2.24, 2.45) is 5.92 Å². The maximum Gasteiger partial charge on any atom is 0.226 e. The molecule has 2 rings (SSSR count). The summed E-state index contributed by atoms with van der Waals surface area (Å²) in [5.74, 6) is 0.981. The maximum atomic E-state index is 12.4. The smallest absolute Gasteiger partial charge is 0.226 e. The van der Waals surface area contributed by atoms with E-state index in [4.69, 9.17) is 0 Å². The van der Waals surface area contributed by atoms with E-state index in [9.17, 15) is 4.79 Å². The molecular weight excluding hydrogens is 314 g/mol. The van der Waals surface area contributed by atoms with E-state index in [2.05, 4.69) is 54.9 Å². The SMILES string of the molecule is Cc1ccc(CC(=O)N2CCC(C(C)Br)CC2)cc1C. The molecule has 1 aliphatic rings. The number of benzene rings is 1. The highest BCUT2D eigenvalue weighted by Crippen LogP contribution is 2.25. The minimum atomic E-state index is 0.272. The van der Waals surface area contributed by atoms with Gasteiger partial charge < -0.3 is 4.90 Å². The summed E-state index contributed by atoms with van der Waals surface area (Å²) < 4.78 is 0. The lowest BCUT2D eigenvalue weighted by molar-refractivity contribution is -0.131. The van der Waals surface area contributed by atoms with E-state index in [0.717, 1.165) is 31.5 Å². The van der Waals surface area contributed by atoms with Crippen LogP contribution in [-0.4, -0.2) is 28.7 Å². The van der Waals surface area contributed by atoms with Gasteiger partial charge in [-0.05, 0) is 49.3 Å². The van der Waals surface area contributed by atoms with Crippen LogP contribution in [0.15, 0.2) is 18.2 Å². The van der Waals surface area contributed by atoms with Crippen LogP contribution in [0.25, 0.3) is 0 Å². The fraction of sp³-hybridized carbons (Fsp3) is 0.588. The topological polar surface area (TPSA) is 20.3 Å². The molecule has 0 spiro atoms. The molecule has 0 aliphatic carbocycles. The van der Waals surface area contributed by atoms with Crippen molar-refractivity contribution in [3.05, 3.63) is 34.9 Å². The van der Waals surface area contributed by atoms with E-state index in [1.54, 1.807) is 0 Å². The zero-order chi connectivity index (χ0) is 14.7. The van der Waals surface area contributed by atoms with Crippen molar-refractivity contribution >= 4 is 21.8 Å². The molecule has 0 saturated carbocycles. The van der Waals surface area contributed by atoms with Crippen LogP contribution in [0.3, 0.4) is 0 Å². The molecule has 0 bridgehead atoms. The number of likely N-dealkylation sites (tertiary alicyclic amines) is 1. The van der Waals surface area contributed by atoms with E-state index in [-0.39, 0.29) is 5.91 Å². The van der Waals surface area contributed by atoms with Gasteiger partial charge in [0.25, 0.3) is 0 Å². The summed E-state index contributed by atoms with van der Waals surface area (Å²) in [5.41, 5.74) is 3.68. The van der Waals surface area contributed by atoms with Gasteiger partial charge in [0.1, 0.15) is 0 Å². The lowest BCUT2D eigenvalue weighted by Gasteiger charge is -2.33. The highest BCUT2D eigenvalue weighted by atomic mass is 79.9. The van der Waals surface area contributed by atoms with Gasteiger partial charge in [-0.1, -0.05) is 41.1 Å². The Kier molecular flexibility index (Phi) is 5.25. The Hall–Kier alpha value is -0.830. The first kappa shape index (κ1) is 15.6. The summed E-state index contributed by atoms with van der Waals surface area (Å²) in [7, 11) is 0. The molecule has 2 nitrogen and oxygen atoms in total. The van der Waals surface area contributed by atoms with Crippen LogP contribution in [0.5, 0.6) is 0 Å². The fourth-order valence-corrected chi connectivity index (χ4v) is 3.34. The molecule has 1 atom stereocenters. The van der Waals surface area contributed by atoms with Gasteiger partial charge in [0.2, 0.25) is 5.91 Å². The number of alkyl halides is 1. The Morgan fingerprint density at radius 3 is 2.50 bits per heavy atom. The fourth-order valence-electron chi connectivity index (χ4n) is 2.81. The Morgan fingerprint density at radius 1 is 1.30 bits per heavy atom. The van der Waals surface area contributed by atoms with Crippen LogP contribution in [0.1, 0.15) is 36.5 Å². The average molecular weight is 338 g/mol. The highest BCUT2D eigenvalue weighted by molar-refractivity contribution is 9.09. The first-order valence-electron chi connectivity index (χ1n) is 7.45. The van der Waals surface area contributed by atoms with E-state index in [1.165, 1.54) is 11.1 Å². The summed E-state index contributed by atoms with van der Waals surface area (Å²) in [5, 5.41) is 0. The Bertz CT molecular complexity index is 476. The summed E-state index contributed by atoms with van der Waals surface area (Å²) >= 11 is 3.66. The number of rotatable bonds is 3. The van der Waals surface area contributed by atoms with E-state index < -0.39 is 0 Å². The van der Waals surface area contributed by atoms with Gasteiger partial charge in [0.15, 0.2) is 0 Å². The molecule has 1 amide bonds. The summed E-state index contributed by atoms with van der Waals surface area (Å²) in [6.45, 7) is 8.23. The van der Waals surface area contributed by atoms with Crippen LogP contribution >= 0.6 is 15.9 Å². The molecule has 1 fully saturated rings. The van der Waals surface area contributed by atoms with E-state index in [1.807, 2.05) is 4.90 Å². The molecule has 1 aliphatic heterocycles. The normalized spacial score (nSPS) is 18.1. The predicted molar refractivity (Wildman–Crippen MR) is 87.3 cm³/mol. The van der Waals surface area contributed by atoms with Gasteiger partial charge in [-0.3, -0.25) is 4.79 Å². The lowest BCUT2D eigenvalue weighted by Crippen LogP contribution is -2.40. The molecule has 1 unspecified atom stereocenters. The van der Waals surface area contributed by atoms with Crippen LogP contribution in [0.2, 0.25) is 0 Å². The van der Waals surface area contributed by atoms with Gasteiger partial charge in [-0.15, -0.1) is 0 Å². The summed E-state index contributed by atoms with van der Waals surface area (Å²) in [6, 6.07) is 6.32. The number of amides is 1. The van der Waals surface area contributed by atoms with Crippen molar-refractivity contribution < 1.29 is 4.79 Å². The Labute approximate surface area is 130 Å². The number of halogens is 1. The molecule has 1 aromatic carbocycles. The van der Waals surface area contributed by atoms with Crippen LogP contribution in [-0.2, 0) is 11.2 Å². The van der Waals surface area contributed by atoms with Crippen molar-refractivity contribution in [3.63, 3.8) is 0 Å². The molecule has 1 heterocycles. The molecule has 1 saturated heterocycles. The standard InChI is InChI=1S/C17H24BrNO/c1-12-4-5-15(10-13(12)2)11-17(20)19-8-6-16(7-9-19)14(3)18/h4-5,10,14,16H,6-9,11H2,1-3H3. The van der Waals surface area contributed by atoms with Crippen molar-refractivity contribution in [2.45, 2.75) is 44.9 Å². The van der Waals surface area contributed by atoms with E-state index >= 15 is 0 Å². The van der Waals surface area contributed by atoms with Gasteiger partial charge in [0.05, 0.1) is 6.42 Å². The zero-order valence-corrected chi connectivity index (χ0v) is 14.2. The van der Waals surface area contributed by atoms with Crippen molar-refractivity contribution in [3.8, 4) is 0 Å². The Balaban J connectivity index is 1.91. The number of aryl methyl sites for hydroxylation is 2. The molecule has 20 heavy (non-hydrogen) atoms. The molecule has 3 heteroatoms. The molecular formula is C17H24BrNO. The molecule has 0 radical (unpaired) electrons. The van der Waals surface area contributed by atoms with Crippen LogP contribution in [0, 0.1) is 19.8 Å². The van der Waals surface area contributed by atoms with E-state index in [0.29, 0.717) is 17.2 Å². The molecule has 0 N–H and O–H groups in total. The number of carbonyl (C=O) groups is 1. The third-order valence-electron chi connectivity index (χ3n) is 4.47. The number of nitrogens with zero attached hydrogens (tertiary/aromatic N) is 1. The predicted octanol–water partition coefficient (Wildman–Crippen LogP) is 3.87. The average Bonchev–Trinajstić information content (AvgIpc) is 2.43. The largest absolute Gasteiger partial charge is 0.342 e. The molecule has 1 aromatic rings. The summed E-state index contributed by atoms with van der Waals surface area (Å²) in [6.07, 6.45) is 2.77. The Morgan fingerprint density at radius 2 is 1.95 bits per heavy atom. The second kappa shape index (κ2) is 6.75. The third kappa shape index (κ3) is 3.85. The number of hydrogen-bond acceptors (Lipinski definition) is 1. The third-order valence-corrected chi connectivity index (χ3v) is 5.22. The first-order chi connectivity index (χ1) is 9.47. The molecule has 0 aromatic heterocycles. The second-order valence-corrected chi connectivity index (χ2v) is 7.44. The van der Waals surface area contributed by atoms with Gasteiger partial charge in [-0.2, -0.15) is 0 Å². The van der Waals surface area contributed by atoms with Crippen molar-refractivity contribution in [1.29, 1.82) is 0 Å². The minimum absolute atomic E-state index is 0.272. The van der Waals surface area contributed by atoms with Crippen molar-refractivity contribution in [1.82, 2.24) is 4.90 Å². The number of carbonyl (C=O) groups excluding carboxylic acids is 1. The maximum absolute atomic E-state index is 12.4. The zero-order valence-electron chi connectivity index (χ0n) is 12.7. The monoisotopic (exact) mass is 337 g/mol. The minimum Gasteiger partial charge on any atom is -0.342 e. The van der Waals surface area contributed by atoms with Crippen LogP contribution < -0.4 is 0 Å². The van der Waals surface area contributed by atoms with Gasteiger partial charge in [0, 0.05) is 17.9 Å². The van der Waals surface area contributed by atoms with Crippen molar-refractivity contribution in [2.75, 3.05) is 13.1 Å². The van der Waals surface area contributed by atoms with Crippen LogP contribution in [0.4, 0.5) is 0 Å². The first-order valence-corrected chi connectivity index (χ1v) is 8.37. The highest BCUT2D eigenvalue weighted by Gasteiger charge is 2.25.